The Morgan fingerprint density at radius 3 is 2.63 bits per heavy atom. The molecule has 0 aliphatic carbocycles. The smallest absolute Gasteiger partial charge is 0.177 e. The van der Waals surface area contributed by atoms with E-state index in [0.717, 1.165) is 23.4 Å². The molecular formula is C15H25NO2S. The summed E-state index contributed by atoms with van der Waals surface area (Å²) in [5, 5.41) is 0. The maximum Gasteiger partial charge on any atom is 0.177 e. The maximum absolute atomic E-state index is 12.4. The fraction of sp³-hybridized carbons (Fsp3) is 0.667. The number of ether oxygens (including phenoxy) is 1. The third-order valence-electron chi connectivity index (χ3n) is 3.48. The van der Waals surface area contributed by atoms with Crippen LogP contribution >= 0.6 is 11.3 Å². The molecule has 1 aromatic rings. The largest absolute Gasteiger partial charge is 0.383 e. The first-order chi connectivity index (χ1) is 8.99. The van der Waals surface area contributed by atoms with Gasteiger partial charge in [-0.3, -0.25) is 9.69 Å². The van der Waals surface area contributed by atoms with Crippen LogP contribution in [0.4, 0.5) is 0 Å². The lowest BCUT2D eigenvalue weighted by Crippen LogP contribution is -2.39. The summed E-state index contributed by atoms with van der Waals surface area (Å²) < 4.78 is 5.13. The number of carbonyl (C=O) groups is 1. The predicted molar refractivity (Wildman–Crippen MR) is 81.3 cm³/mol. The first-order valence-corrected chi connectivity index (χ1v) is 7.64. The summed E-state index contributed by atoms with van der Waals surface area (Å²) >= 11 is 1.69. The summed E-state index contributed by atoms with van der Waals surface area (Å²) in [6.45, 7) is 10.3. The zero-order valence-corrected chi connectivity index (χ0v) is 13.5. The molecule has 0 saturated carbocycles. The van der Waals surface area contributed by atoms with Crippen LogP contribution in [0.3, 0.4) is 0 Å². The molecule has 4 heteroatoms. The Hall–Kier alpha value is -0.710. The Morgan fingerprint density at radius 2 is 2.16 bits per heavy atom. The minimum absolute atomic E-state index is 0.221. The maximum atomic E-state index is 12.4. The van der Waals surface area contributed by atoms with Crippen molar-refractivity contribution in [3.8, 4) is 0 Å². The standard InChI is InChI=1S/C15H25NO2S/c1-6-11(2)16(7-8-18-5)10-15(17)14-9-12(3)19-13(14)4/h9,11H,6-8,10H2,1-5H3. The number of hydrogen-bond donors (Lipinski definition) is 0. The molecule has 0 saturated heterocycles. The van der Waals surface area contributed by atoms with Crippen molar-refractivity contribution in [3.63, 3.8) is 0 Å². The van der Waals surface area contributed by atoms with Crippen LogP contribution in [-0.2, 0) is 4.74 Å². The number of hydrogen-bond acceptors (Lipinski definition) is 4. The highest BCUT2D eigenvalue weighted by Gasteiger charge is 2.19. The Bertz CT molecular complexity index is 414. The van der Waals surface area contributed by atoms with Crippen molar-refractivity contribution in [1.29, 1.82) is 0 Å². The molecule has 3 nitrogen and oxygen atoms in total. The monoisotopic (exact) mass is 283 g/mol. The van der Waals surface area contributed by atoms with Gasteiger partial charge < -0.3 is 4.74 Å². The first-order valence-electron chi connectivity index (χ1n) is 6.82. The molecule has 0 fully saturated rings. The SMILES string of the molecule is CCC(C)N(CCOC)CC(=O)c1cc(C)sc1C. The van der Waals surface area contributed by atoms with Crippen LogP contribution in [0.15, 0.2) is 6.07 Å². The summed E-state index contributed by atoms with van der Waals surface area (Å²) in [5.74, 6) is 0.221. The van der Waals surface area contributed by atoms with Crippen LogP contribution in [0.1, 0.15) is 40.4 Å². The minimum Gasteiger partial charge on any atom is -0.383 e. The molecule has 0 spiro atoms. The van der Waals surface area contributed by atoms with Crippen molar-refractivity contribution >= 4 is 17.1 Å². The van der Waals surface area contributed by atoms with Gasteiger partial charge in [0.05, 0.1) is 13.2 Å². The van der Waals surface area contributed by atoms with Gasteiger partial charge in [0.15, 0.2) is 5.78 Å². The number of methoxy groups -OCH3 is 1. The molecular weight excluding hydrogens is 258 g/mol. The summed E-state index contributed by atoms with van der Waals surface area (Å²) in [6.07, 6.45) is 1.04. The van der Waals surface area contributed by atoms with Crippen LogP contribution in [0.25, 0.3) is 0 Å². The van der Waals surface area contributed by atoms with Gasteiger partial charge in [0.2, 0.25) is 0 Å². The van der Waals surface area contributed by atoms with E-state index in [0.29, 0.717) is 19.2 Å². The van der Waals surface area contributed by atoms with E-state index in [4.69, 9.17) is 4.74 Å². The Morgan fingerprint density at radius 1 is 1.47 bits per heavy atom. The summed E-state index contributed by atoms with van der Waals surface area (Å²) in [6, 6.07) is 2.41. The van der Waals surface area contributed by atoms with Crippen molar-refractivity contribution in [2.24, 2.45) is 0 Å². The number of carbonyl (C=O) groups excluding carboxylic acids is 1. The van der Waals surface area contributed by atoms with Crippen molar-refractivity contribution in [2.45, 2.75) is 40.2 Å². The molecule has 1 unspecified atom stereocenters. The normalized spacial score (nSPS) is 12.9. The molecule has 1 aromatic heterocycles. The van der Waals surface area contributed by atoms with E-state index >= 15 is 0 Å². The average Bonchev–Trinajstić information content (AvgIpc) is 2.72. The second-order valence-electron chi connectivity index (χ2n) is 4.97. The number of rotatable bonds is 8. The Labute approximate surface area is 120 Å². The lowest BCUT2D eigenvalue weighted by atomic mass is 10.1. The molecule has 0 bridgehead atoms. The highest BCUT2D eigenvalue weighted by molar-refractivity contribution is 7.12. The van der Waals surface area contributed by atoms with Gasteiger partial charge in [-0.1, -0.05) is 6.92 Å². The van der Waals surface area contributed by atoms with Crippen molar-refractivity contribution in [2.75, 3.05) is 26.8 Å². The third-order valence-corrected chi connectivity index (χ3v) is 4.45. The van der Waals surface area contributed by atoms with Gasteiger partial charge in [-0.15, -0.1) is 11.3 Å². The number of aryl methyl sites for hydroxylation is 2. The Balaban J connectivity index is 2.72. The second kappa shape index (κ2) is 7.78. The van der Waals surface area contributed by atoms with Gasteiger partial charge in [0.1, 0.15) is 0 Å². The molecule has 1 atom stereocenters. The topological polar surface area (TPSA) is 29.5 Å². The molecule has 19 heavy (non-hydrogen) atoms. The number of Topliss-reactive ketones (excluding diaryl/α,β-unsaturated/α-hetero) is 1. The average molecular weight is 283 g/mol. The van der Waals surface area contributed by atoms with Crippen LogP contribution in [-0.4, -0.2) is 43.5 Å². The second-order valence-corrected chi connectivity index (χ2v) is 6.43. The number of nitrogens with zero attached hydrogens (tertiary/aromatic N) is 1. The van der Waals surface area contributed by atoms with E-state index in [2.05, 4.69) is 18.7 Å². The summed E-state index contributed by atoms with van der Waals surface area (Å²) in [5.41, 5.74) is 0.883. The number of thiophene rings is 1. The van der Waals surface area contributed by atoms with Gasteiger partial charge in [-0.2, -0.15) is 0 Å². The van der Waals surface area contributed by atoms with Crippen molar-refractivity contribution in [1.82, 2.24) is 4.90 Å². The van der Waals surface area contributed by atoms with E-state index in [-0.39, 0.29) is 5.78 Å². The van der Waals surface area contributed by atoms with Gasteiger partial charge in [-0.25, -0.2) is 0 Å². The molecule has 0 radical (unpaired) electrons. The molecule has 0 aliphatic heterocycles. The summed E-state index contributed by atoms with van der Waals surface area (Å²) in [4.78, 5) is 16.9. The zero-order valence-electron chi connectivity index (χ0n) is 12.7. The summed E-state index contributed by atoms with van der Waals surface area (Å²) in [7, 11) is 1.70. The fourth-order valence-electron chi connectivity index (χ4n) is 2.10. The fourth-order valence-corrected chi connectivity index (χ4v) is 3.04. The van der Waals surface area contributed by atoms with E-state index in [1.807, 2.05) is 19.9 Å². The molecule has 1 heterocycles. The van der Waals surface area contributed by atoms with Crippen molar-refractivity contribution in [3.05, 3.63) is 21.4 Å². The van der Waals surface area contributed by atoms with Gasteiger partial charge in [0, 0.05) is 35.0 Å². The third kappa shape index (κ3) is 4.71. The minimum atomic E-state index is 0.221. The van der Waals surface area contributed by atoms with E-state index in [9.17, 15) is 4.79 Å². The van der Waals surface area contributed by atoms with E-state index in [1.54, 1.807) is 18.4 Å². The quantitative estimate of drug-likeness (QED) is 0.686. The molecule has 1 rings (SSSR count). The molecule has 0 aromatic carbocycles. The number of ketones is 1. The lowest BCUT2D eigenvalue weighted by molar-refractivity contribution is 0.0834. The van der Waals surface area contributed by atoms with Crippen LogP contribution in [0.5, 0.6) is 0 Å². The van der Waals surface area contributed by atoms with Crippen LogP contribution in [0.2, 0.25) is 0 Å². The molecule has 0 N–H and O–H groups in total. The van der Waals surface area contributed by atoms with E-state index < -0.39 is 0 Å². The van der Waals surface area contributed by atoms with Crippen LogP contribution < -0.4 is 0 Å². The molecule has 108 valence electrons. The van der Waals surface area contributed by atoms with E-state index in [1.165, 1.54) is 4.88 Å². The molecule has 0 aliphatic rings. The lowest BCUT2D eigenvalue weighted by Gasteiger charge is -2.27. The van der Waals surface area contributed by atoms with Gasteiger partial charge in [0.25, 0.3) is 0 Å². The Kier molecular flexibility index (Phi) is 6.69. The zero-order chi connectivity index (χ0) is 14.4. The van der Waals surface area contributed by atoms with Crippen LogP contribution in [0, 0.1) is 13.8 Å². The van der Waals surface area contributed by atoms with Gasteiger partial charge in [-0.05, 0) is 33.3 Å². The highest BCUT2D eigenvalue weighted by Crippen LogP contribution is 2.21. The highest BCUT2D eigenvalue weighted by atomic mass is 32.1. The molecule has 0 amide bonds. The predicted octanol–water partition coefficient (Wildman–Crippen LogP) is 3.29. The van der Waals surface area contributed by atoms with Gasteiger partial charge >= 0.3 is 0 Å². The first kappa shape index (κ1) is 16.3. The van der Waals surface area contributed by atoms with Crippen molar-refractivity contribution < 1.29 is 9.53 Å².